The first-order valence-electron chi connectivity index (χ1n) is 14.5. The average molecular weight is 537 g/mol. The minimum Gasteiger partial charge on any atom is -0.390 e. The zero-order valence-electron chi connectivity index (χ0n) is 24.4. The number of nitrogens with zero attached hydrogens (tertiary/aromatic N) is 1. The van der Waals surface area contributed by atoms with Crippen LogP contribution in [0, 0.1) is 5.92 Å². The van der Waals surface area contributed by atoms with Gasteiger partial charge in [0.1, 0.15) is 0 Å². The fourth-order valence-electron chi connectivity index (χ4n) is 5.09. The van der Waals surface area contributed by atoms with Crippen molar-refractivity contribution in [3.63, 3.8) is 0 Å². The minimum absolute atomic E-state index is 0.0782. The number of amides is 2. The number of carbonyl (C=O) groups excluding carboxylic acids is 2. The highest BCUT2D eigenvalue weighted by molar-refractivity contribution is 6.00. The summed E-state index contributed by atoms with van der Waals surface area (Å²) < 4.78 is 0. The predicted octanol–water partition coefficient (Wildman–Crippen LogP) is 5.14. The first-order valence-corrected chi connectivity index (χ1v) is 14.5. The van der Waals surface area contributed by atoms with Crippen molar-refractivity contribution in [2.75, 3.05) is 29.9 Å². The number of aliphatic hydroxyl groups is 1. The number of aliphatic hydroxyl groups excluding tert-OH is 1. The predicted molar refractivity (Wildman–Crippen MR) is 160 cm³/mol. The lowest BCUT2D eigenvalue weighted by Crippen LogP contribution is -2.52. The fraction of sp³-hybridized carbons (Fsp3) is 0.562. The molecule has 0 spiro atoms. The van der Waals surface area contributed by atoms with Crippen LogP contribution in [0.4, 0.5) is 11.4 Å². The van der Waals surface area contributed by atoms with E-state index in [0.717, 1.165) is 36.2 Å². The maximum absolute atomic E-state index is 13.6. The van der Waals surface area contributed by atoms with E-state index < -0.39 is 12.1 Å². The van der Waals surface area contributed by atoms with E-state index >= 15 is 0 Å². The Bertz CT molecular complexity index is 1070. The number of β-amino-alcohol motifs (C(OH)–C–C–N with tert-alkyl or cyclic N) is 1. The van der Waals surface area contributed by atoms with Crippen LogP contribution in [0.15, 0.2) is 48.5 Å². The first kappa shape index (κ1) is 30.6. The van der Waals surface area contributed by atoms with Gasteiger partial charge >= 0.3 is 0 Å². The molecule has 0 bridgehead atoms. The highest BCUT2D eigenvalue weighted by atomic mass is 16.3. The van der Waals surface area contributed by atoms with E-state index in [1.165, 1.54) is 6.42 Å². The lowest BCUT2D eigenvalue weighted by Gasteiger charge is -2.31. The third kappa shape index (κ3) is 9.66. The SMILES string of the molecule is CCNc1cc(C(=O)NC(Cc2ccccc2)C(O)CNC(C)(C)CCCC(C)C)cc(N2CCCC2=O)c1. The van der Waals surface area contributed by atoms with Gasteiger partial charge in [-0.15, -0.1) is 0 Å². The molecule has 0 aliphatic carbocycles. The Morgan fingerprint density at radius 2 is 1.87 bits per heavy atom. The van der Waals surface area contributed by atoms with Gasteiger partial charge in [-0.05, 0) is 69.7 Å². The summed E-state index contributed by atoms with van der Waals surface area (Å²) >= 11 is 0. The molecule has 1 aliphatic rings. The van der Waals surface area contributed by atoms with E-state index in [9.17, 15) is 14.7 Å². The molecule has 2 aromatic carbocycles. The molecular formula is C32H48N4O3. The summed E-state index contributed by atoms with van der Waals surface area (Å²) in [6, 6.07) is 14.9. The van der Waals surface area contributed by atoms with Crippen LogP contribution in [0.2, 0.25) is 0 Å². The van der Waals surface area contributed by atoms with Gasteiger partial charge in [-0.25, -0.2) is 0 Å². The molecule has 1 fully saturated rings. The van der Waals surface area contributed by atoms with E-state index in [0.29, 0.717) is 44.0 Å². The largest absolute Gasteiger partial charge is 0.390 e. The van der Waals surface area contributed by atoms with Crippen LogP contribution in [-0.4, -0.2) is 54.2 Å². The van der Waals surface area contributed by atoms with Gasteiger partial charge in [-0.1, -0.05) is 57.0 Å². The minimum atomic E-state index is -0.782. The van der Waals surface area contributed by atoms with Crippen LogP contribution in [0.5, 0.6) is 0 Å². The molecule has 7 heteroatoms. The monoisotopic (exact) mass is 536 g/mol. The molecule has 1 heterocycles. The molecule has 7 nitrogen and oxygen atoms in total. The fourth-order valence-corrected chi connectivity index (χ4v) is 5.09. The highest BCUT2D eigenvalue weighted by Crippen LogP contribution is 2.27. The molecule has 1 aliphatic heterocycles. The third-order valence-electron chi connectivity index (χ3n) is 7.40. The Morgan fingerprint density at radius 1 is 1.13 bits per heavy atom. The molecule has 2 unspecified atom stereocenters. The van der Waals surface area contributed by atoms with Crippen molar-refractivity contribution in [2.24, 2.45) is 5.92 Å². The topological polar surface area (TPSA) is 93.7 Å². The van der Waals surface area contributed by atoms with E-state index in [1.54, 1.807) is 11.0 Å². The van der Waals surface area contributed by atoms with Gasteiger partial charge in [0.05, 0.1) is 12.1 Å². The summed E-state index contributed by atoms with van der Waals surface area (Å²) in [6.07, 6.45) is 4.39. The second-order valence-corrected chi connectivity index (χ2v) is 11.8. The van der Waals surface area contributed by atoms with Crippen molar-refractivity contribution in [3.05, 3.63) is 59.7 Å². The van der Waals surface area contributed by atoms with Crippen molar-refractivity contribution in [3.8, 4) is 0 Å². The number of hydrogen-bond donors (Lipinski definition) is 4. The molecule has 0 radical (unpaired) electrons. The molecule has 0 saturated carbocycles. The Hall–Kier alpha value is -2.90. The van der Waals surface area contributed by atoms with Crippen molar-refractivity contribution in [1.29, 1.82) is 0 Å². The Balaban J connectivity index is 1.77. The summed E-state index contributed by atoms with van der Waals surface area (Å²) in [5.74, 6) is 0.486. The Morgan fingerprint density at radius 3 is 2.51 bits per heavy atom. The zero-order chi connectivity index (χ0) is 28.4. The molecule has 2 atom stereocenters. The second-order valence-electron chi connectivity index (χ2n) is 11.8. The zero-order valence-corrected chi connectivity index (χ0v) is 24.4. The summed E-state index contributed by atoms with van der Waals surface area (Å²) in [4.78, 5) is 27.7. The number of anilines is 2. The van der Waals surface area contributed by atoms with Crippen LogP contribution >= 0.6 is 0 Å². The summed E-state index contributed by atoms with van der Waals surface area (Å²) in [5, 5.41) is 21.2. The second kappa shape index (κ2) is 14.5. The first-order chi connectivity index (χ1) is 18.6. The normalized spacial score (nSPS) is 15.5. The van der Waals surface area contributed by atoms with Gasteiger partial charge in [-0.2, -0.15) is 0 Å². The maximum atomic E-state index is 13.6. The van der Waals surface area contributed by atoms with Crippen LogP contribution in [0.25, 0.3) is 0 Å². The maximum Gasteiger partial charge on any atom is 0.251 e. The lowest BCUT2D eigenvalue weighted by atomic mass is 9.93. The van der Waals surface area contributed by atoms with Crippen molar-refractivity contribution < 1.29 is 14.7 Å². The molecule has 4 N–H and O–H groups in total. The molecule has 3 rings (SSSR count). The van der Waals surface area contributed by atoms with Crippen LogP contribution in [0.3, 0.4) is 0 Å². The molecule has 39 heavy (non-hydrogen) atoms. The van der Waals surface area contributed by atoms with Gasteiger partial charge in [0.25, 0.3) is 5.91 Å². The number of nitrogens with one attached hydrogen (secondary N) is 3. The number of carbonyl (C=O) groups is 2. The number of benzene rings is 2. The van der Waals surface area contributed by atoms with Crippen molar-refractivity contribution in [2.45, 2.75) is 90.8 Å². The van der Waals surface area contributed by atoms with Crippen LogP contribution < -0.4 is 20.9 Å². The molecular weight excluding hydrogens is 488 g/mol. The summed E-state index contributed by atoms with van der Waals surface area (Å²) in [7, 11) is 0. The quantitative estimate of drug-likeness (QED) is 0.253. The Kier molecular flexibility index (Phi) is 11.4. The standard InChI is InChI=1S/C32H48N4O3/c1-6-33-26-19-25(20-27(21-26)36-17-11-15-30(36)38)31(39)35-28(18-24-13-8-7-9-14-24)29(37)22-34-32(4,5)16-10-12-23(2)3/h7-9,13-14,19-21,23,28-29,33-34,37H,6,10-12,15-18,22H2,1-5H3,(H,35,39). The molecule has 1 saturated heterocycles. The van der Waals surface area contributed by atoms with Gasteiger partial charge in [-0.3, -0.25) is 9.59 Å². The van der Waals surface area contributed by atoms with Gasteiger partial charge < -0.3 is 26.0 Å². The molecule has 2 amide bonds. The third-order valence-corrected chi connectivity index (χ3v) is 7.40. The Labute approximate surface area is 234 Å². The number of rotatable bonds is 15. The van der Waals surface area contributed by atoms with Crippen LogP contribution in [-0.2, 0) is 11.2 Å². The number of hydrogen-bond acceptors (Lipinski definition) is 5. The van der Waals surface area contributed by atoms with Gasteiger partial charge in [0.2, 0.25) is 5.91 Å². The van der Waals surface area contributed by atoms with E-state index in [-0.39, 0.29) is 17.4 Å². The van der Waals surface area contributed by atoms with E-state index in [4.69, 9.17) is 0 Å². The lowest BCUT2D eigenvalue weighted by molar-refractivity contribution is -0.117. The van der Waals surface area contributed by atoms with E-state index in [2.05, 4.69) is 43.6 Å². The highest BCUT2D eigenvalue weighted by Gasteiger charge is 2.27. The van der Waals surface area contributed by atoms with Crippen LogP contribution in [0.1, 0.15) is 82.6 Å². The van der Waals surface area contributed by atoms with Gasteiger partial charge in [0, 0.05) is 48.5 Å². The van der Waals surface area contributed by atoms with Crippen molar-refractivity contribution >= 4 is 23.2 Å². The molecule has 214 valence electrons. The molecule has 2 aromatic rings. The van der Waals surface area contributed by atoms with E-state index in [1.807, 2.05) is 49.4 Å². The summed E-state index contributed by atoms with van der Waals surface area (Å²) in [5.41, 5.74) is 2.92. The smallest absolute Gasteiger partial charge is 0.251 e. The summed E-state index contributed by atoms with van der Waals surface area (Å²) in [6.45, 7) is 12.5. The van der Waals surface area contributed by atoms with Crippen molar-refractivity contribution in [1.82, 2.24) is 10.6 Å². The average Bonchev–Trinajstić information content (AvgIpc) is 3.33. The van der Waals surface area contributed by atoms with Gasteiger partial charge in [0.15, 0.2) is 0 Å². The molecule has 0 aromatic heterocycles.